The average Bonchev–Trinajstić information content (AvgIpc) is 3.58. The van der Waals surface area contributed by atoms with E-state index in [1.165, 1.54) is 36.4 Å². The van der Waals surface area contributed by atoms with E-state index in [1.54, 1.807) is 0 Å². The van der Waals surface area contributed by atoms with Gasteiger partial charge in [-0.1, -0.05) is 96.5 Å². The summed E-state index contributed by atoms with van der Waals surface area (Å²) in [5.41, 5.74) is 7.21. The maximum absolute atomic E-state index is 11.3. The largest absolute Gasteiger partial charge is 0.502 e. The Bertz CT molecular complexity index is 2980. The van der Waals surface area contributed by atoms with Crippen molar-refractivity contribution >= 4 is 11.4 Å². The van der Waals surface area contributed by atoms with E-state index in [9.17, 15) is 30.4 Å². The molecule has 2 N–H and O–H groups in total. The van der Waals surface area contributed by atoms with Gasteiger partial charge in [-0.05, 0) is 118 Å². The summed E-state index contributed by atoms with van der Waals surface area (Å²) in [6.45, 7) is 0. The zero-order chi connectivity index (χ0) is 43.5. The van der Waals surface area contributed by atoms with Crippen LogP contribution in [0, 0.1) is 43.9 Å². The number of ether oxygens (including phenoxy) is 2. The third-order valence-electron chi connectivity index (χ3n) is 10.7. The molecule has 0 aromatic heterocycles. The first-order chi connectivity index (χ1) is 30.6. The molecule has 1 aliphatic rings. The number of phenolic OH excluding ortho intramolecular Hbond substituents is 2. The Morgan fingerprint density at radius 3 is 1.14 bits per heavy atom. The van der Waals surface area contributed by atoms with Gasteiger partial charge in [0.25, 0.3) is 0 Å². The minimum atomic E-state index is -0.964. The summed E-state index contributed by atoms with van der Waals surface area (Å²) in [5.74, 6) is 13.6. The second-order valence-electron chi connectivity index (χ2n) is 14.6. The fraction of sp³-hybridized carbons (Fsp3) is 0.0189. The Morgan fingerprint density at radius 1 is 0.413 bits per heavy atom. The average molecular weight is 825 g/mol. The van der Waals surface area contributed by atoms with Crippen LogP contribution in [-0.2, 0) is 5.41 Å². The van der Waals surface area contributed by atoms with E-state index < -0.39 is 38.1 Å². The first-order valence-electron chi connectivity index (χ1n) is 19.6. The van der Waals surface area contributed by atoms with Gasteiger partial charge in [-0.25, -0.2) is 0 Å². The van der Waals surface area contributed by atoms with Crippen LogP contribution in [0.2, 0.25) is 0 Å². The molecule has 10 heteroatoms. The predicted octanol–water partition coefficient (Wildman–Crippen LogP) is 11.7. The summed E-state index contributed by atoms with van der Waals surface area (Å²) in [6, 6.07) is 54.7. The normalized spacial score (nSPS) is 11.7. The van der Waals surface area contributed by atoms with Crippen molar-refractivity contribution in [2.45, 2.75) is 5.41 Å². The molecule has 0 radical (unpaired) electrons. The summed E-state index contributed by atoms with van der Waals surface area (Å²) in [4.78, 5) is 21.3. The molecule has 0 saturated heterocycles. The lowest BCUT2D eigenvalue weighted by molar-refractivity contribution is -0.386. The highest BCUT2D eigenvalue weighted by atomic mass is 16.6. The number of fused-ring (bicyclic) bond motifs is 3. The fourth-order valence-electron chi connectivity index (χ4n) is 7.86. The van der Waals surface area contributed by atoms with Crippen molar-refractivity contribution < 1.29 is 29.5 Å². The SMILES string of the molecule is O=[N+]([O-])c1ccc(Oc2ccc(C3(c4ccc(Oc5ccc([N+](=O)[O-])c(O)c5)cc4)c4cc(C#Cc5ccccc5)ccc4-c4ccc(C#Cc5ccccc5)cc43)cc2)cc1O. The molecule has 0 saturated carbocycles. The molecule has 0 unspecified atom stereocenters. The van der Waals surface area contributed by atoms with Gasteiger partial charge in [0.1, 0.15) is 23.0 Å². The summed E-state index contributed by atoms with van der Waals surface area (Å²) in [6.07, 6.45) is 0. The Labute approximate surface area is 361 Å². The van der Waals surface area contributed by atoms with Gasteiger partial charge in [0, 0.05) is 46.5 Å². The van der Waals surface area contributed by atoms with Gasteiger partial charge in [0.2, 0.25) is 0 Å². The molecular formula is C53H32N2O8. The van der Waals surface area contributed by atoms with Gasteiger partial charge in [-0.2, -0.15) is 0 Å². The third kappa shape index (κ3) is 7.75. The van der Waals surface area contributed by atoms with Crippen molar-refractivity contribution in [1.82, 2.24) is 0 Å². The van der Waals surface area contributed by atoms with Crippen LogP contribution in [0.1, 0.15) is 44.5 Å². The zero-order valence-corrected chi connectivity index (χ0v) is 33.1. The number of rotatable bonds is 8. The number of nitro groups is 2. The smallest absolute Gasteiger partial charge is 0.310 e. The van der Waals surface area contributed by atoms with E-state index in [2.05, 4.69) is 47.9 Å². The molecular weight excluding hydrogens is 793 g/mol. The van der Waals surface area contributed by atoms with E-state index in [0.717, 1.165) is 55.6 Å². The van der Waals surface area contributed by atoms with Crippen molar-refractivity contribution in [3.63, 3.8) is 0 Å². The van der Waals surface area contributed by atoms with Gasteiger partial charge >= 0.3 is 11.4 Å². The number of hydrogen-bond donors (Lipinski definition) is 2. The number of benzene rings is 8. The van der Waals surface area contributed by atoms with Crippen LogP contribution < -0.4 is 9.47 Å². The number of nitro benzene ring substituents is 2. The first kappa shape index (κ1) is 39.3. The molecule has 0 aliphatic heterocycles. The zero-order valence-electron chi connectivity index (χ0n) is 33.1. The van der Waals surface area contributed by atoms with Crippen LogP contribution in [0.3, 0.4) is 0 Å². The summed E-state index contributed by atoms with van der Waals surface area (Å²) in [5, 5.41) is 43.2. The molecule has 0 amide bonds. The number of phenols is 2. The fourth-order valence-corrected chi connectivity index (χ4v) is 7.86. The second kappa shape index (κ2) is 16.5. The molecule has 9 rings (SSSR count). The Kier molecular flexibility index (Phi) is 10.3. The number of hydrogen-bond acceptors (Lipinski definition) is 8. The maximum atomic E-state index is 11.3. The van der Waals surface area contributed by atoms with Crippen molar-refractivity contribution in [3.05, 3.63) is 247 Å². The minimum Gasteiger partial charge on any atom is -0.502 e. The lowest BCUT2D eigenvalue weighted by atomic mass is 9.67. The quantitative estimate of drug-likeness (QED) is 0.0875. The Balaban J connectivity index is 1.21. The summed E-state index contributed by atoms with van der Waals surface area (Å²) >= 11 is 0. The van der Waals surface area contributed by atoms with Crippen LogP contribution in [0.4, 0.5) is 11.4 Å². The van der Waals surface area contributed by atoms with Gasteiger partial charge in [-0.3, -0.25) is 20.2 Å². The summed E-state index contributed by atoms with van der Waals surface area (Å²) < 4.78 is 12.2. The van der Waals surface area contributed by atoms with E-state index in [1.807, 2.05) is 121 Å². The molecule has 63 heavy (non-hydrogen) atoms. The van der Waals surface area contributed by atoms with Crippen LogP contribution >= 0.6 is 0 Å². The molecule has 0 spiro atoms. The molecule has 8 aromatic carbocycles. The van der Waals surface area contributed by atoms with Gasteiger partial charge in [-0.15, -0.1) is 0 Å². The van der Waals surface area contributed by atoms with Crippen molar-refractivity contribution in [3.8, 4) is 69.3 Å². The highest BCUT2D eigenvalue weighted by Crippen LogP contribution is 2.57. The van der Waals surface area contributed by atoms with Gasteiger partial charge in [0.15, 0.2) is 11.5 Å². The van der Waals surface area contributed by atoms with E-state index in [0.29, 0.717) is 11.5 Å². The monoisotopic (exact) mass is 824 g/mol. The number of aromatic hydroxyl groups is 2. The molecule has 0 atom stereocenters. The van der Waals surface area contributed by atoms with Gasteiger partial charge in [0.05, 0.1) is 15.3 Å². The second-order valence-corrected chi connectivity index (χ2v) is 14.6. The predicted molar refractivity (Wildman–Crippen MR) is 238 cm³/mol. The lowest BCUT2D eigenvalue weighted by Gasteiger charge is -2.34. The molecule has 10 nitrogen and oxygen atoms in total. The van der Waals surface area contributed by atoms with Crippen LogP contribution in [0.5, 0.6) is 34.5 Å². The van der Waals surface area contributed by atoms with Crippen LogP contribution in [-0.4, -0.2) is 20.1 Å². The van der Waals surface area contributed by atoms with Crippen molar-refractivity contribution in [1.29, 1.82) is 0 Å². The highest BCUT2D eigenvalue weighted by Gasteiger charge is 2.46. The van der Waals surface area contributed by atoms with Crippen molar-refractivity contribution in [2.24, 2.45) is 0 Å². The highest BCUT2D eigenvalue weighted by molar-refractivity contribution is 5.87. The molecule has 8 aromatic rings. The molecule has 0 fully saturated rings. The van der Waals surface area contributed by atoms with E-state index >= 15 is 0 Å². The standard InChI is InChI=1S/C53H32N2O8/c56-51-33-43(25-29-49(51)54(58)59)62-41-21-17-39(18-22-41)53(40-19-23-42(24-20-40)63-44-26-30-50(55(60)61)52(57)34-44)47-31-37(13-11-35-7-3-1-4-8-35)15-27-45(47)46-28-16-38(32-48(46)53)14-12-36-9-5-2-6-10-36/h1-10,15-34,56-57H. The Hall–Kier alpha value is -9.12. The van der Waals surface area contributed by atoms with Crippen LogP contribution in [0.15, 0.2) is 182 Å². The maximum Gasteiger partial charge on any atom is 0.310 e. The lowest BCUT2D eigenvalue weighted by Crippen LogP contribution is -2.28. The first-order valence-corrected chi connectivity index (χ1v) is 19.6. The van der Waals surface area contributed by atoms with Crippen molar-refractivity contribution in [2.75, 3.05) is 0 Å². The molecule has 0 heterocycles. The summed E-state index contributed by atoms with van der Waals surface area (Å²) in [7, 11) is 0. The molecule has 0 bridgehead atoms. The van der Waals surface area contributed by atoms with E-state index in [4.69, 9.17) is 9.47 Å². The van der Waals surface area contributed by atoms with Crippen LogP contribution in [0.25, 0.3) is 11.1 Å². The minimum absolute atomic E-state index is 0.220. The topological polar surface area (TPSA) is 145 Å². The molecule has 302 valence electrons. The third-order valence-corrected chi connectivity index (χ3v) is 10.7. The van der Waals surface area contributed by atoms with Gasteiger partial charge < -0.3 is 19.7 Å². The van der Waals surface area contributed by atoms with E-state index in [-0.39, 0.29) is 11.5 Å². The Morgan fingerprint density at radius 2 is 0.778 bits per heavy atom. The number of nitrogens with zero attached hydrogens (tertiary/aromatic N) is 2. The molecule has 1 aliphatic carbocycles.